The van der Waals surface area contributed by atoms with Gasteiger partial charge < -0.3 is 11.1 Å². The van der Waals surface area contributed by atoms with Gasteiger partial charge in [0.2, 0.25) is 0 Å². The van der Waals surface area contributed by atoms with Gasteiger partial charge in [0.1, 0.15) is 11.6 Å². The number of nitrogens with one attached hydrogen (secondary N) is 1. The molecule has 0 aromatic heterocycles. The Labute approximate surface area is 116 Å². The molecule has 0 aliphatic carbocycles. The van der Waals surface area contributed by atoms with Gasteiger partial charge in [-0.25, -0.2) is 8.78 Å². The highest BCUT2D eigenvalue weighted by molar-refractivity contribution is 9.10. The average Bonchev–Trinajstić information content (AvgIpc) is 2.36. The molecule has 0 saturated heterocycles. The highest BCUT2D eigenvalue weighted by Crippen LogP contribution is 2.21. The maximum atomic E-state index is 13.4. The van der Waals surface area contributed by atoms with E-state index in [1.165, 1.54) is 12.1 Å². The van der Waals surface area contributed by atoms with E-state index in [1.807, 2.05) is 0 Å². The molecule has 0 heterocycles. The lowest BCUT2D eigenvalue weighted by Crippen LogP contribution is -2.13. The third kappa shape index (κ3) is 3.08. The number of halogens is 3. The third-order valence-corrected chi connectivity index (χ3v) is 3.16. The first-order chi connectivity index (χ1) is 8.97. The van der Waals surface area contributed by atoms with Gasteiger partial charge in [-0.15, -0.1) is 0 Å². The Morgan fingerprint density at radius 1 is 1.16 bits per heavy atom. The van der Waals surface area contributed by atoms with Crippen LogP contribution in [0.1, 0.15) is 10.4 Å². The molecule has 0 aliphatic rings. The van der Waals surface area contributed by atoms with Gasteiger partial charge in [-0.05, 0) is 46.3 Å². The zero-order valence-corrected chi connectivity index (χ0v) is 11.2. The number of nitrogens with two attached hydrogens (primary N) is 1. The van der Waals surface area contributed by atoms with Crippen molar-refractivity contribution >= 4 is 33.2 Å². The highest BCUT2D eigenvalue weighted by Gasteiger charge is 2.11. The fourth-order valence-electron chi connectivity index (χ4n) is 1.47. The lowest BCUT2D eigenvalue weighted by Gasteiger charge is -2.07. The SMILES string of the molecule is Nc1cc(C(=O)Nc2ccc(F)cc2F)ccc1Br. The van der Waals surface area contributed by atoms with Gasteiger partial charge in [-0.3, -0.25) is 4.79 Å². The van der Waals surface area contributed by atoms with Crippen LogP contribution in [0.3, 0.4) is 0 Å². The van der Waals surface area contributed by atoms with E-state index in [0.717, 1.165) is 12.1 Å². The molecular formula is C13H9BrF2N2O. The van der Waals surface area contributed by atoms with Gasteiger partial charge >= 0.3 is 0 Å². The maximum Gasteiger partial charge on any atom is 0.255 e. The van der Waals surface area contributed by atoms with E-state index in [1.54, 1.807) is 6.07 Å². The summed E-state index contributed by atoms with van der Waals surface area (Å²) in [6.07, 6.45) is 0. The number of carbonyl (C=O) groups excluding carboxylic acids is 1. The van der Waals surface area contributed by atoms with E-state index in [0.29, 0.717) is 16.2 Å². The van der Waals surface area contributed by atoms with Gasteiger partial charge in [0.15, 0.2) is 0 Å². The molecule has 2 rings (SSSR count). The van der Waals surface area contributed by atoms with E-state index >= 15 is 0 Å². The first kappa shape index (κ1) is 13.5. The second kappa shape index (κ2) is 5.36. The number of nitrogen functional groups attached to an aromatic ring is 1. The molecule has 0 fully saturated rings. The summed E-state index contributed by atoms with van der Waals surface area (Å²) in [5, 5.41) is 2.35. The molecule has 19 heavy (non-hydrogen) atoms. The minimum absolute atomic E-state index is 0.0899. The Morgan fingerprint density at radius 3 is 2.53 bits per heavy atom. The monoisotopic (exact) mass is 326 g/mol. The Morgan fingerprint density at radius 2 is 1.89 bits per heavy atom. The molecule has 0 saturated carbocycles. The van der Waals surface area contributed by atoms with Crippen molar-refractivity contribution in [2.24, 2.45) is 0 Å². The normalized spacial score (nSPS) is 10.3. The van der Waals surface area contributed by atoms with Crippen LogP contribution in [0.2, 0.25) is 0 Å². The summed E-state index contributed by atoms with van der Waals surface area (Å²) in [5.41, 5.74) is 6.24. The standard InChI is InChI=1S/C13H9BrF2N2O/c14-9-3-1-7(5-11(9)17)13(19)18-12-4-2-8(15)6-10(12)16/h1-6H,17H2,(H,18,19). The first-order valence-corrected chi connectivity index (χ1v) is 6.08. The molecule has 0 spiro atoms. The lowest BCUT2D eigenvalue weighted by atomic mass is 10.2. The fourth-order valence-corrected chi connectivity index (χ4v) is 1.72. The molecule has 2 aromatic rings. The van der Waals surface area contributed by atoms with Crippen molar-refractivity contribution in [1.82, 2.24) is 0 Å². The number of hydrogen-bond donors (Lipinski definition) is 2. The predicted molar refractivity (Wildman–Crippen MR) is 72.9 cm³/mol. The topological polar surface area (TPSA) is 55.1 Å². The number of hydrogen-bond acceptors (Lipinski definition) is 2. The van der Waals surface area contributed by atoms with Crippen molar-refractivity contribution in [3.8, 4) is 0 Å². The fraction of sp³-hybridized carbons (Fsp3) is 0. The summed E-state index contributed by atoms with van der Waals surface area (Å²) in [6.45, 7) is 0. The van der Waals surface area contributed by atoms with Gasteiger partial charge in [-0.1, -0.05) is 0 Å². The predicted octanol–water partition coefficient (Wildman–Crippen LogP) is 3.56. The van der Waals surface area contributed by atoms with Crippen LogP contribution in [-0.2, 0) is 0 Å². The van der Waals surface area contributed by atoms with Crippen LogP contribution in [0.4, 0.5) is 20.2 Å². The molecule has 0 bridgehead atoms. The van der Waals surface area contributed by atoms with Gasteiger partial charge in [0.05, 0.1) is 5.69 Å². The Balaban J connectivity index is 2.23. The van der Waals surface area contributed by atoms with Crippen molar-refractivity contribution < 1.29 is 13.6 Å². The van der Waals surface area contributed by atoms with Crippen LogP contribution >= 0.6 is 15.9 Å². The Kier molecular flexibility index (Phi) is 3.80. The van der Waals surface area contributed by atoms with Crippen molar-refractivity contribution in [2.75, 3.05) is 11.1 Å². The summed E-state index contributed by atoms with van der Waals surface area (Å²) >= 11 is 3.21. The summed E-state index contributed by atoms with van der Waals surface area (Å²) < 4.78 is 26.8. The van der Waals surface area contributed by atoms with Crippen LogP contribution in [0, 0.1) is 11.6 Å². The van der Waals surface area contributed by atoms with Gasteiger partial charge in [-0.2, -0.15) is 0 Å². The molecular weight excluding hydrogens is 318 g/mol. The molecule has 3 nitrogen and oxygen atoms in total. The van der Waals surface area contributed by atoms with Crippen molar-refractivity contribution in [1.29, 1.82) is 0 Å². The maximum absolute atomic E-state index is 13.4. The van der Waals surface area contributed by atoms with E-state index in [-0.39, 0.29) is 11.3 Å². The van der Waals surface area contributed by atoms with Gasteiger partial charge in [0.25, 0.3) is 5.91 Å². The second-order valence-corrected chi connectivity index (χ2v) is 4.67. The van der Waals surface area contributed by atoms with Crippen molar-refractivity contribution in [3.05, 3.63) is 58.1 Å². The van der Waals surface area contributed by atoms with Crippen LogP contribution < -0.4 is 11.1 Å². The molecule has 0 atom stereocenters. The van der Waals surface area contributed by atoms with Crippen LogP contribution in [-0.4, -0.2) is 5.91 Å². The smallest absolute Gasteiger partial charge is 0.255 e. The van der Waals surface area contributed by atoms with Crippen molar-refractivity contribution in [3.63, 3.8) is 0 Å². The number of amides is 1. The number of rotatable bonds is 2. The summed E-state index contributed by atoms with van der Waals surface area (Å²) in [4.78, 5) is 11.9. The van der Waals surface area contributed by atoms with E-state index in [2.05, 4.69) is 21.2 Å². The second-order valence-electron chi connectivity index (χ2n) is 3.81. The highest BCUT2D eigenvalue weighted by atomic mass is 79.9. The lowest BCUT2D eigenvalue weighted by molar-refractivity contribution is 0.102. The molecule has 6 heteroatoms. The van der Waals surface area contributed by atoms with Gasteiger partial charge in [0, 0.05) is 21.8 Å². The average molecular weight is 327 g/mol. The molecule has 2 aromatic carbocycles. The first-order valence-electron chi connectivity index (χ1n) is 5.29. The number of carbonyl (C=O) groups is 1. The summed E-state index contributed by atoms with van der Waals surface area (Å²) in [6, 6.07) is 7.54. The van der Waals surface area contributed by atoms with Crippen LogP contribution in [0.15, 0.2) is 40.9 Å². The van der Waals surface area contributed by atoms with Crippen LogP contribution in [0.5, 0.6) is 0 Å². The van der Waals surface area contributed by atoms with E-state index < -0.39 is 17.5 Å². The summed E-state index contributed by atoms with van der Waals surface area (Å²) in [5.74, 6) is -2.06. The minimum atomic E-state index is -0.835. The quantitative estimate of drug-likeness (QED) is 0.829. The molecule has 3 N–H and O–H groups in total. The third-order valence-electron chi connectivity index (χ3n) is 2.44. The minimum Gasteiger partial charge on any atom is -0.398 e. The molecule has 0 unspecified atom stereocenters. The summed E-state index contributed by atoms with van der Waals surface area (Å²) in [7, 11) is 0. The largest absolute Gasteiger partial charge is 0.398 e. The van der Waals surface area contributed by atoms with Crippen molar-refractivity contribution in [2.45, 2.75) is 0 Å². The molecule has 98 valence electrons. The van der Waals surface area contributed by atoms with E-state index in [4.69, 9.17) is 5.73 Å². The van der Waals surface area contributed by atoms with Crippen LogP contribution in [0.25, 0.3) is 0 Å². The zero-order valence-electron chi connectivity index (χ0n) is 9.58. The Hall–Kier alpha value is -1.95. The molecule has 0 aliphatic heterocycles. The zero-order chi connectivity index (χ0) is 14.0. The van der Waals surface area contributed by atoms with E-state index in [9.17, 15) is 13.6 Å². The molecule has 0 radical (unpaired) electrons. The molecule has 1 amide bonds. The Bertz CT molecular complexity index is 647. The number of benzene rings is 2. The number of anilines is 2.